The van der Waals surface area contributed by atoms with Gasteiger partial charge in [0.25, 0.3) is 0 Å². The minimum atomic E-state index is -4.75. The molecule has 3 N–H and O–H groups in total. The molecule has 0 amide bonds. The summed E-state index contributed by atoms with van der Waals surface area (Å²) in [7, 11) is 0. The summed E-state index contributed by atoms with van der Waals surface area (Å²) in [5.74, 6) is -0.747. The van der Waals surface area contributed by atoms with Gasteiger partial charge < -0.3 is 20.4 Å². The van der Waals surface area contributed by atoms with Crippen molar-refractivity contribution in [3.8, 4) is 11.4 Å². The molecule has 1 heterocycles. The number of nitrogens with zero attached hydrogens (tertiary/aromatic N) is 3. The first-order chi connectivity index (χ1) is 13.3. The Balaban J connectivity index is 0.00000300. The number of rotatable bonds is 5. The lowest BCUT2D eigenvalue weighted by Crippen LogP contribution is -2.22. The summed E-state index contributed by atoms with van der Waals surface area (Å²) < 4.78 is 56.0. The minimum Gasteiger partial charge on any atom is -0.406 e. The van der Waals surface area contributed by atoms with Crippen LogP contribution >= 0.6 is 24.0 Å². The number of hydrogen-bond donors (Lipinski definition) is 2. The van der Waals surface area contributed by atoms with Crippen LogP contribution in [0, 0.1) is 5.82 Å². The molecule has 0 atom stereocenters. The van der Waals surface area contributed by atoms with Crippen LogP contribution in [-0.2, 0) is 6.54 Å². The van der Waals surface area contributed by atoms with Crippen molar-refractivity contribution in [1.82, 2.24) is 9.55 Å². The van der Waals surface area contributed by atoms with E-state index in [0.29, 0.717) is 16.9 Å². The molecule has 0 unspecified atom stereocenters. The fourth-order valence-electron chi connectivity index (χ4n) is 2.36. The third-order valence-corrected chi connectivity index (χ3v) is 3.59. The Morgan fingerprint density at radius 2 is 1.90 bits per heavy atom. The monoisotopic (exact) mass is 521 g/mol. The van der Waals surface area contributed by atoms with Crippen molar-refractivity contribution in [2.75, 3.05) is 5.32 Å². The van der Waals surface area contributed by atoms with E-state index in [0.717, 1.165) is 12.1 Å². The quantitative estimate of drug-likeness (QED) is 0.225. The highest BCUT2D eigenvalue weighted by atomic mass is 127. The Hall–Kier alpha value is -2.83. The van der Waals surface area contributed by atoms with Gasteiger partial charge >= 0.3 is 6.36 Å². The van der Waals surface area contributed by atoms with Gasteiger partial charge in [-0.3, -0.25) is 0 Å². The van der Waals surface area contributed by atoms with Gasteiger partial charge in [-0.1, -0.05) is 6.07 Å². The lowest BCUT2D eigenvalue weighted by molar-refractivity contribution is -0.274. The molecule has 0 bridgehead atoms. The first-order valence-electron chi connectivity index (χ1n) is 8.00. The molecule has 1 aromatic heterocycles. The van der Waals surface area contributed by atoms with Crippen molar-refractivity contribution in [3.63, 3.8) is 0 Å². The molecule has 0 radical (unpaired) electrons. The van der Waals surface area contributed by atoms with E-state index in [1.165, 1.54) is 24.5 Å². The second-order valence-corrected chi connectivity index (χ2v) is 5.65. The molecule has 0 aliphatic carbocycles. The van der Waals surface area contributed by atoms with Crippen LogP contribution in [0.15, 0.2) is 66.2 Å². The lowest BCUT2D eigenvalue weighted by atomic mass is 10.2. The highest BCUT2D eigenvalue weighted by Crippen LogP contribution is 2.24. The van der Waals surface area contributed by atoms with E-state index < -0.39 is 12.2 Å². The van der Waals surface area contributed by atoms with Crippen molar-refractivity contribution in [2.24, 2.45) is 10.7 Å². The molecule has 154 valence electrons. The zero-order chi connectivity index (χ0) is 20.1. The third-order valence-electron chi connectivity index (χ3n) is 3.59. The van der Waals surface area contributed by atoms with Gasteiger partial charge in [-0.25, -0.2) is 14.4 Å². The fourth-order valence-corrected chi connectivity index (χ4v) is 2.36. The summed E-state index contributed by atoms with van der Waals surface area (Å²) in [6.07, 6.45) is -0.0870. The van der Waals surface area contributed by atoms with Crippen LogP contribution in [0.4, 0.5) is 23.2 Å². The van der Waals surface area contributed by atoms with E-state index in [1.807, 2.05) is 0 Å². The smallest absolute Gasteiger partial charge is 0.406 e. The van der Waals surface area contributed by atoms with Gasteiger partial charge in [0.05, 0.1) is 18.6 Å². The van der Waals surface area contributed by atoms with Crippen LogP contribution in [-0.4, -0.2) is 21.9 Å². The summed E-state index contributed by atoms with van der Waals surface area (Å²) in [5.41, 5.74) is 7.14. The predicted octanol–water partition coefficient (Wildman–Crippen LogP) is 4.45. The largest absolute Gasteiger partial charge is 0.573 e. The number of aliphatic imine (C=N–C) groups is 1. The van der Waals surface area contributed by atoms with E-state index in [4.69, 9.17) is 5.73 Å². The van der Waals surface area contributed by atoms with Crippen LogP contribution in [0.1, 0.15) is 5.56 Å². The lowest BCUT2D eigenvalue weighted by Gasteiger charge is -2.10. The maximum atomic E-state index is 14.2. The average molecular weight is 521 g/mol. The van der Waals surface area contributed by atoms with Crippen molar-refractivity contribution in [2.45, 2.75) is 12.9 Å². The molecule has 2 aromatic carbocycles. The van der Waals surface area contributed by atoms with E-state index in [2.05, 4.69) is 20.0 Å². The number of benzene rings is 2. The van der Waals surface area contributed by atoms with Gasteiger partial charge in [-0.2, -0.15) is 0 Å². The van der Waals surface area contributed by atoms with Gasteiger partial charge in [0.2, 0.25) is 0 Å². The van der Waals surface area contributed by atoms with Gasteiger partial charge in [0, 0.05) is 18.1 Å². The second kappa shape index (κ2) is 9.58. The number of hydrogen-bond acceptors (Lipinski definition) is 3. The number of guanidine groups is 1. The molecule has 0 aliphatic rings. The maximum Gasteiger partial charge on any atom is 0.573 e. The molecule has 3 aromatic rings. The summed E-state index contributed by atoms with van der Waals surface area (Å²) in [5, 5.41) is 2.74. The molecule has 0 fully saturated rings. The van der Waals surface area contributed by atoms with Gasteiger partial charge in [-0.05, 0) is 42.0 Å². The molecule has 0 saturated carbocycles. The zero-order valence-electron chi connectivity index (χ0n) is 14.7. The number of halogens is 5. The summed E-state index contributed by atoms with van der Waals surface area (Å²) >= 11 is 0. The molecular weight excluding hydrogens is 505 g/mol. The standard InChI is InChI=1S/C18H15F4N5O.HI/c19-15-9-12(1-6-16(15)27-8-7-24-11-27)10-25-17(23)26-13-2-4-14(5-3-13)28-18(20,21)22;/h1-9,11H,10H2,(H3,23,25,26);1H. The molecule has 29 heavy (non-hydrogen) atoms. The minimum absolute atomic E-state index is 0. The second-order valence-electron chi connectivity index (χ2n) is 5.65. The Morgan fingerprint density at radius 1 is 1.17 bits per heavy atom. The predicted molar refractivity (Wildman–Crippen MR) is 111 cm³/mol. The van der Waals surface area contributed by atoms with Gasteiger partial charge in [0.15, 0.2) is 5.96 Å². The van der Waals surface area contributed by atoms with Crippen LogP contribution in [0.3, 0.4) is 0 Å². The number of nitrogens with two attached hydrogens (primary N) is 1. The van der Waals surface area contributed by atoms with Gasteiger partial charge in [0.1, 0.15) is 11.6 Å². The average Bonchev–Trinajstić information content (AvgIpc) is 3.15. The number of alkyl halides is 3. The molecule has 11 heteroatoms. The van der Waals surface area contributed by atoms with Crippen molar-refractivity contribution >= 4 is 35.6 Å². The van der Waals surface area contributed by atoms with Crippen LogP contribution < -0.4 is 15.8 Å². The zero-order valence-corrected chi connectivity index (χ0v) is 17.1. The number of imidazole rings is 1. The fraction of sp³-hybridized carbons (Fsp3) is 0.111. The SMILES string of the molecule is I.NC(=NCc1ccc(-n2ccnc2)c(F)c1)Nc1ccc(OC(F)(F)F)cc1. The highest BCUT2D eigenvalue weighted by Gasteiger charge is 2.30. The Kier molecular flexibility index (Phi) is 7.42. The first kappa shape index (κ1) is 22.5. The summed E-state index contributed by atoms with van der Waals surface area (Å²) in [4.78, 5) is 7.96. The first-order valence-corrected chi connectivity index (χ1v) is 8.00. The van der Waals surface area contributed by atoms with Crippen molar-refractivity contribution in [3.05, 3.63) is 72.6 Å². The van der Waals surface area contributed by atoms with Crippen molar-refractivity contribution in [1.29, 1.82) is 0 Å². The molecule has 0 spiro atoms. The van der Waals surface area contributed by atoms with Crippen LogP contribution in [0.25, 0.3) is 5.69 Å². The van der Waals surface area contributed by atoms with Crippen molar-refractivity contribution < 1.29 is 22.3 Å². The Bertz CT molecular complexity index is 959. The van der Waals surface area contributed by atoms with E-state index in [-0.39, 0.29) is 42.2 Å². The maximum absolute atomic E-state index is 14.2. The Labute approximate surface area is 180 Å². The number of ether oxygens (including phenoxy) is 1. The van der Waals surface area contributed by atoms with Crippen LogP contribution in [0.2, 0.25) is 0 Å². The highest BCUT2D eigenvalue weighted by molar-refractivity contribution is 14.0. The van der Waals surface area contributed by atoms with Gasteiger partial charge in [-0.15, -0.1) is 37.1 Å². The summed E-state index contributed by atoms with van der Waals surface area (Å²) in [6, 6.07) is 9.67. The molecular formula is C18H16F4IN5O. The van der Waals surface area contributed by atoms with E-state index in [9.17, 15) is 17.6 Å². The summed E-state index contributed by atoms with van der Waals surface area (Å²) in [6.45, 7) is 0.120. The normalized spacial score (nSPS) is 11.7. The van der Waals surface area contributed by atoms with E-state index >= 15 is 0 Å². The number of nitrogens with one attached hydrogen (secondary N) is 1. The van der Waals surface area contributed by atoms with E-state index in [1.54, 1.807) is 29.1 Å². The molecule has 0 saturated heterocycles. The number of aromatic nitrogens is 2. The van der Waals surface area contributed by atoms with Crippen LogP contribution in [0.5, 0.6) is 5.75 Å². The Morgan fingerprint density at radius 3 is 2.48 bits per heavy atom. The third kappa shape index (κ3) is 6.62. The molecule has 6 nitrogen and oxygen atoms in total. The topological polar surface area (TPSA) is 77.5 Å². The molecule has 3 rings (SSSR count). The molecule has 0 aliphatic heterocycles. The number of anilines is 1.